The largest absolute Gasteiger partial charge is 0.480 e. The first-order valence-corrected chi connectivity index (χ1v) is 12.0. The quantitative estimate of drug-likeness (QED) is 0.465. The number of amides is 2. The van der Waals surface area contributed by atoms with Crippen LogP contribution in [-0.4, -0.2) is 40.8 Å². The van der Waals surface area contributed by atoms with E-state index in [1.807, 2.05) is 36.4 Å². The number of ether oxygens (including phenoxy) is 1. The number of aliphatic carboxylic acids is 1. The lowest BCUT2D eigenvalue weighted by atomic mass is 9.87. The van der Waals surface area contributed by atoms with Gasteiger partial charge >= 0.3 is 12.1 Å². The summed E-state index contributed by atoms with van der Waals surface area (Å²) in [5, 5.41) is 15.1. The number of hydrogen-bond donors (Lipinski definition) is 3. The predicted octanol–water partition coefficient (Wildman–Crippen LogP) is 4.84. The van der Waals surface area contributed by atoms with Crippen molar-refractivity contribution in [3.8, 4) is 11.1 Å². The van der Waals surface area contributed by atoms with Gasteiger partial charge in [0, 0.05) is 5.92 Å². The van der Waals surface area contributed by atoms with Crippen LogP contribution in [0.5, 0.6) is 0 Å². The molecule has 0 fully saturated rings. The molecule has 0 bridgehead atoms. The molecule has 1 aliphatic rings. The first-order chi connectivity index (χ1) is 16.3. The molecule has 0 saturated heterocycles. The highest BCUT2D eigenvalue weighted by atomic mass is 16.5. The summed E-state index contributed by atoms with van der Waals surface area (Å²) in [7, 11) is 0. The van der Waals surface area contributed by atoms with Gasteiger partial charge < -0.3 is 20.5 Å². The van der Waals surface area contributed by atoms with E-state index in [9.17, 15) is 19.5 Å². The molecule has 0 radical (unpaired) electrons. The Labute approximate surface area is 200 Å². The highest BCUT2D eigenvalue weighted by Crippen LogP contribution is 2.44. The van der Waals surface area contributed by atoms with Crippen molar-refractivity contribution < 1.29 is 24.2 Å². The fourth-order valence-electron chi connectivity index (χ4n) is 4.75. The van der Waals surface area contributed by atoms with E-state index >= 15 is 0 Å². The van der Waals surface area contributed by atoms with Crippen LogP contribution in [0.3, 0.4) is 0 Å². The summed E-state index contributed by atoms with van der Waals surface area (Å²) in [6.45, 7) is 7.14. The highest BCUT2D eigenvalue weighted by Gasteiger charge is 2.44. The molecule has 3 rings (SSSR count). The van der Waals surface area contributed by atoms with E-state index in [2.05, 4.69) is 22.8 Å². The Kier molecular flexibility index (Phi) is 7.64. The number of fused-ring (bicyclic) bond motifs is 3. The average Bonchev–Trinajstić information content (AvgIpc) is 3.18. The molecule has 0 saturated carbocycles. The van der Waals surface area contributed by atoms with Crippen molar-refractivity contribution in [1.29, 1.82) is 0 Å². The molecule has 0 unspecified atom stereocenters. The fourth-order valence-corrected chi connectivity index (χ4v) is 4.75. The van der Waals surface area contributed by atoms with Crippen LogP contribution >= 0.6 is 0 Å². The number of carboxylic acid groups (broad SMARTS) is 1. The number of nitrogens with one attached hydrogen (secondary N) is 2. The molecule has 1 aliphatic carbocycles. The second kappa shape index (κ2) is 10.3. The van der Waals surface area contributed by atoms with Crippen LogP contribution in [0.1, 0.15) is 70.4 Å². The van der Waals surface area contributed by atoms with Crippen molar-refractivity contribution in [3.63, 3.8) is 0 Å². The lowest BCUT2D eigenvalue weighted by Crippen LogP contribution is -2.64. The number of rotatable bonds is 10. The van der Waals surface area contributed by atoms with E-state index in [-0.39, 0.29) is 25.4 Å². The molecule has 3 N–H and O–H groups in total. The minimum Gasteiger partial charge on any atom is -0.480 e. The van der Waals surface area contributed by atoms with Gasteiger partial charge in [-0.25, -0.2) is 9.59 Å². The van der Waals surface area contributed by atoms with Crippen molar-refractivity contribution in [3.05, 3.63) is 59.7 Å². The topological polar surface area (TPSA) is 105 Å². The maximum Gasteiger partial charge on any atom is 0.408 e. The minimum atomic E-state index is -1.38. The molecule has 0 heterocycles. The first-order valence-electron chi connectivity index (χ1n) is 12.0. The number of carboxylic acids is 1. The zero-order valence-corrected chi connectivity index (χ0v) is 20.3. The van der Waals surface area contributed by atoms with Crippen molar-refractivity contribution in [2.24, 2.45) is 0 Å². The summed E-state index contributed by atoms with van der Waals surface area (Å²) in [6, 6.07) is 16.1. The molecule has 182 valence electrons. The summed E-state index contributed by atoms with van der Waals surface area (Å²) >= 11 is 0. The molecule has 0 spiro atoms. The van der Waals surface area contributed by atoms with Gasteiger partial charge in [0.15, 0.2) is 0 Å². The van der Waals surface area contributed by atoms with Crippen LogP contribution in [0.15, 0.2) is 48.5 Å². The standard InChI is InChI=1S/C27H34N2O5/c1-5-26(6-2,23(30)28-27(7-3,8-4)24(31)32)29-25(33)34-17-22-20-15-11-9-13-18(20)19-14-10-12-16-21(19)22/h9-16,22H,5-8,17H2,1-4H3,(H,28,30)(H,29,33)(H,31,32). The Bertz CT molecular complexity index is 1010. The van der Waals surface area contributed by atoms with Gasteiger partial charge in [0.2, 0.25) is 5.91 Å². The average molecular weight is 467 g/mol. The van der Waals surface area contributed by atoms with Crippen molar-refractivity contribution in [2.45, 2.75) is 70.4 Å². The summed E-state index contributed by atoms with van der Waals surface area (Å²) < 4.78 is 5.63. The smallest absolute Gasteiger partial charge is 0.408 e. The van der Waals surface area contributed by atoms with Crippen LogP contribution in [-0.2, 0) is 14.3 Å². The van der Waals surface area contributed by atoms with Crippen LogP contribution in [0.4, 0.5) is 4.79 Å². The van der Waals surface area contributed by atoms with Gasteiger partial charge in [0.25, 0.3) is 0 Å². The monoisotopic (exact) mass is 466 g/mol. The van der Waals surface area contributed by atoms with E-state index < -0.39 is 29.0 Å². The maximum absolute atomic E-state index is 13.2. The Morgan fingerprint density at radius 2 is 1.26 bits per heavy atom. The number of benzene rings is 2. The van der Waals surface area contributed by atoms with Gasteiger partial charge in [-0.2, -0.15) is 0 Å². The zero-order valence-electron chi connectivity index (χ0n) is 20.3. The minimum absolute atomic E-state index is 0.0931. The van der Waals surface area contributed by atoms with Crippen molar-refractivity contribution >= 4 is 18.0 Å². The molecule has 7 nitrogen and oxygen atoms in total. The van der Waals surface area contributed by atoms with Crippen LogP contribution in [0, 0.1) is 0 Å². The molecule has 2 aromatic carbocycles. The van der Waals surface area contributed by atoms with E-state index in [1.54, 1.807) is 27.7 Å². The molecular formula is C27H34N2O5. The van der Waals surface area contributed by atoms with Crippen molar-refractivity contribution in [2.75, 3.05) is 6.61 Å². The molecule has 0 atom stereocenters. The third-order valence-corrected chi connectivity index (χ3v) is 7.30. The lowest BCUT2D eigenvalue weighted by Gasteiger charge is -2.36. The summed E-state index contributed by atoms with van der Waals surface area (Å²) in [5.41, 5.74) is 1.81. The van der Waals surface area contributed by atoms with E-state index in [0.717, 1.165) is 22.3 Å². The molecule has 2 aromatic rings. The number of carbonyl (C=O) groups excluding carboxylic acids is 2. The Morgan fingerprint density at radius 3 is 1.71 bits per heavy atom. The summed E-state index contributed by atoms with van der Waals surface area (Å²) in [5.74, 6) is -1.70. The molecular weight excluding hydrogens is 432 g/mol. The molecule has 0 aliphatic heterocycles. The van der Waals surface area contributed by atoms with Crippen LogP contribution in [0.2, 0.25) is 0 Å². The maximum atomic E-state index is 13.2. The molecule has 0 aromatic heterocycles. The van der Waals surface area contributed by atoms with Gasteiger partial charge in [0.05, 0.1) is 0 Å². The third kappa shape index (κ3) is 4.52. The zero-order chi connectivity index (χ0) is 24.9. The molecule has 34 heavy (non-hydrogen) atoms. The van der Waals surface area contributed by atoms with Gasteiger partial charge in [-0.05, 0) is 47.9 Å². The summed E-state index contributed by atoms with van der Waals surface area (Å²) in [4.78, 5) is 38.0. The summed E-state index contributed by atoms with van der Waals surface area (Å²) in [6.07, 6.45) is 0.359. The van der Waals surface area contributed by atoms with Crippen LogP contribution < -0.4 is 10.6 Å². The van der Waals surface area contributed by atoms with E-state index in [4.69, 9.17) is 4.74 Å². The highest BCUT2D eigenvalue weighted by molar-refractivity contribution is 5.94. The van der Waals surface area contributed by atoms with Crippen LogP contribution in [0.25, 0.3) is 11.1 Å². The van der Waals surface area contributed by atoms with Gasteiger partial charge in [-0.1, -0.05) is 76.2 Å². The second-order valence-electron chi connectivity index (χ2n) is 8.79. The fraction of sp³-hybridized carbons (Fsp3) is 0.444. The van der Waals surface area contributed by atoms with Gasteiger partial charge in [-0.15, -0.1) is 0 Å². The van der Waals surface area contributed by atoms with Gasteiger partial charge in [0.1, 0.15) is 17.7 Å². The molecule has 7 heteroatoms. The Balaban J connectivity index is 1.75. The number of carbonyl (C=O) groups is 3. The van der Waals surface area contributed by atoms with E-state index in [1.165, 1.54) is 0 Å². The first kappa shape index (κ1) is 25.3. The van der Waals surface area contributed by atoms with Crippen molar-refractivity contribution in [1.82, 2.24) is 10.6 Å². The Hall–Kier alpha value is -3.35. The SMILES string of the molecule is CCC(CC)(NC(=O)C(CC)(CC)NC(=O)OCC1c2ccccc2-c2ccccc21)C(=O)O. The normalized spacial score (nSPS) is 13.1. The predicted molar refractivity (Wildman–Crippen MR) is 131 cm³/mol. The third-order valence-electron chi connectivity index (χ3n) is 7.30. The lowest BCUT2D eigenvalue weighted by molar-refractivity contribution is -0.149. The number of hydrogen-bond acceptors (Lipinski definition) is 4. The Morgan fingerprint density at radius 1 is 0.794 bits per heavy atom. The van der Waals surface area contributed by atoms with E-state index in [0.29, 0.717) is 12.8 Å². The second-order valence-corrected chi connectivity index (χ2v) is 8.79. The number of alkyl carbamates (subject to hydrolysis) is 1. The molecule has 2 amide bonds. The van der Waals surface area contributed by atoms with Gasteiger partial charge in [-0.3, -0.25) is 4.79 Å².